The highest BCUT2D eigenvalue weighted by Gasteiger charge is 2.31. The van der Waals surface area contributed by atoms with Crippen LogP contribution in [0.3, 0.4) is 0 Å². The zero-order valence-electron chi connectivity index (χ0n) is 42.1. The molecule has 8 rings (SSSR count). The number of phenols is 2. The Balaban J connectivity index is 1.23. The number of rotatable bonds is 18. The molecule has 13 N–H and O–H groups in total. The van der Waals surface area contributed by atoms with Gasteiger partial charge in [-0.25, -0.2) is 9.59 Å². The van der Waals surface area contributed by atoms with Gasteiger partial charge in [-0.15, -0.1) is 35.8 Å². The molecule has 0 aliphatic carbocycles. The van der Waals surface area contributed by atoms with Crippen LogP contribution in [0.1, 0.15) is 20.8 Å². The number of hydrogen-bond acceptors (Lipinski definition) is 29. The van der Waals surface area contributed by atoms with Crippen LogP contribution in [0.4, 0.5) is 56.9 Å². The summed E-state index contributed by atoms with van der Waals surface area (Å²) in [5.41, 5.74) is -6.13. The zero-order chi connectivity index (χ0) is 65.3. The average Bonchev–Trinajstić information content (AvgIpc) is 1.44. The monoisotopic (exact) mass is 1340 g/mol. The molecule has 8 aromatic rings. The van der Waals surface area contributed by atoms with Crippen molar-refractivity contribution in [2.75, 3.05) is 5.73 Å². The summed E-state index contributed by atoms with van der Waals surface area (Å²) in [4.78, 5) is 27.5. The fourth-order valence-electron chi connectivity index (χ4n) is 7.89. The van der Waals surface area contributed by atoms with Crippen LogP contribution in [0.15, 0.2) is 161 Å². The van der Waals surface area contributed by atoms with E-state index in [1.807, 2.05) is 0 Å². The number of nitrogens with two attached hydrogens (primary N) is 1. The molecule has 7 aromatic carbocycles. The molecule has 0 saturated heterocycles. The van der Waals surface area contributed by atoms with Crippen molar-refractivity contribution >= 4 is 151 Å². The van der Waals surface area contributed by atoms with Gasteiger partial charge in [-0.3, -0.25) is 37.4 Å². The van der Waals surface area contributed by atoms with Gasteiger partial charge in [0, 0.05) is 28.3 Å². The normalized spacial score (nSPS) is 13.0. The highest BCUT2D eigenvalue weighted by Crippen LogP contribution is 2.49. The lowest BCUT2D eigenvalue weighted by atomic mass is 10.1. The maximum atomic E-state index is 13.1. The molecule has 0 amide bonds. The topological polar surface area (TPSA) is 647 Å². The zero-order valence-corrected chi connectivity index (χ0v) is 47.0. The predicted molar refractivity (Wildman–Crippen MR) is 290 cm³/mol. The maximum absolute atomic E-state index is 13.1. The number of anilines is 1. The molecule has 0 saturated carbocycles. The minimum absolute atomic E-state index is 0.235. The number of carboxylic acid groups (broad SMARTS) is 2. The van der Waals surface area contributed by atoms with Crippen LogP contribution in [0.5, 0.6) is 17.4 Å². The fraction of sp³-hybridized carbons (Fsp3) is 0. The molecule has 0 radical (unpaired) electrons. The van der Waals surface area contributed by atoms with Gasteiger partial charge in [-0.2, -0.15) is 65.4 Å². The lowest BCUT2D eigenvalue weighted by Gasteiger charge is -2.13. The van der Waals surface area contributed by atoms with Crippen LogP contribution in [-0.2, 0) is 60.7 Å². The number of aromatic hydroxyl groups is 3. The number of nitrogens with zero attached hydrogens (tertiary/aromatic N) is 11. The lowest BCUT2D eigenvalue weighted by Crippen LogP contribution is -2.04. The van der Waals surface area contributed by atoms with Crippen LogP contribution >= 0.6 is 0 Å². The number of nitro groups is 1. The molecule has 45 heteroatoms. The van der Waals surface area contributed by atoms with Crippen molar-refractivity contribution < 1.29 is 118 Å². The molecule has 0 bridgehead atoms. The van der Waals surface area contributed by atoms with Gasteiger partial charge in [0.25, 0.3) is 66.4 Å². The lowest BCUT2D eigenvalue weighted by molar-refractivity contribution is -0.385. The molecular formula is C43H28N12O27S6. The molecule has 1 aromatic heterocycles. The van der Waals surface area contributed by atoms with Gasteiger partial charge in [0.1, 0.15) is 58.6 Å². The molecule has 0 atom stereocenters. The van der Waals surface area contributed by atoms with Gasteiger partial charge in [0.15, 0.2) is 17.2 Å². The molecule has 0 unspecified atom stereocenters. The number of carbonyl (C=O) groups is 2. The standard InChI is InChI=1S/C43H28N12O27S6/c44-33-27(15-28(84(68,69)70)21-7-9-25(39(57)32(21)33)47-46-24-8-3-18(55(63)64)13-29(24)85(71,72)73)49-48-26-10-6-20-22(40(26)88(80,81)82)14-31(87(77,78)79)35(38(20)56)51-45-16-11-23(42(59)60)34(30(12-16)86(74,75)76)50-52-36-37(43(61)62)53-54(41(36)58)17-1-4-19(5-2-17)83(65,66)67/h1-15,56-58H,44H2,(H,59,60)(H,61,62)(H,65,66,67)(H,68,69,70)(H,71,72,73)(H,74,75,76)(H,77,78,79)(H,80,81,82). The van der Waals surface area contributed by atoms with E-state index in [0.29, 0.717) is 28.9 Å². The largest absolute Gasteiger partial charge is 0.505 e. The molecule has 458 valence electrons. The van der Waals surface area contributed by atoms with Gasteiger partial charge < -0.3 is 31.3 Å². The maximum Gasteiger partial charge on any atom is 0.358 e. The Morgan fingerprint density at radius 1 is 0.489 bits per heavy atom. The Bertz CT molecular complexity index is 5290. The van der Waals surface area contributed by atoms with E-state index in [4.69, 9.17) is 5.73 Å². The van der Waals surface area contributed by atoms with Gasteiger partial charge in [0.2, 0.25) is 11.6 Å². The van der Waals surface area contributed by atoms with E-state index in [0.717, 1.165) is 54.6 Å². The first-order valence-electron chi connectivity index (χ1n) is 22.4. The third kappa shape index (κ3) is 12.6. The third-order valence-electron chi connectivity index (χ3n) is 11.7. The smallest absolute Gasteiger partial charge is 0.358 e. The van der Waals surface area contributed by atoms with E-state index in [-0.39, 0.29) is 17.8 Å². The van der Waals surface area contributed by atoms with E-state index in [9.17, 15) is 123 Å². The second-order valence-electron chi connectivity index (χ2n) is 17.2. The minimum Gasteiger partial charge on any atom is -0.505 e. The molecule has 0 spiro atoms. The Morgan fingerprint density at radius 3 is 1.57 bits per heavy atom. The number of aromatic carboxylic acids is 2. The number of non-ortho nitro benzene ring substituents is 1. The minimum atomic E-state index is -5.80. The number of carboxylic acids is 2. The first-order chi connectivity index (χ1) is 40.6. The van der Waals surface area contributed by atoms with Crippen molar-refractivity contribution in [3.8, 4) is 23.1 Å². The van der Waals surface area contributed by atoms with Crippen LogP contribution in [0.2, 0.25) is 0 Å². The van der Waals surface area contributed by atoms with Crippen LogP contribution < -0.4 is 5.73 Å². The van der Waals surface area contributed by atoms with E-state index < -0.39 is 214 Å². The molecule has 39 nitrogen and oxygen atoms in total. The summed E-state index contributed by atoms with van der Waals surface area (Å²) in [7, 11) is -32.6. The Labute approximate surface area is 487 Å². The molecule has 88 heavy (non-hydrogen) atoms. The quantitative estimate of drug-likeness (QED) is 0.0131. The predicted octanol–water partition coefficient (Wildman–Crippen LogP) is 7.32. The number of fused-ring (bicyclic) bond motifs is 2. The highest BCUT2D eigenvalue weighted by atomic mass is 32.2. The van der Waals surface area contributed by atoms with E-state index in [1.165, 1.54) is 0 Å². The average molecular weight is 1340 g/mol. The van der Waals surface area contributed by atoms with Gasteiger partial charge in [-0.1, -0.05) is 6.07 Å². The first kappa shape index (κ1) is 63.7. The molecule has 0 aliphatic rings. The van der Waals surface area contributed by atoms with E-state index in [2.05, 4.69) is 46.0 Å². The van der Waals surface area contributed by atoms with Crippen molar-refractivity contribution in [2.24, 2.45) is 40.9 Å². The number of nitrogen functional groups attached to an aromatic ring is 1. The van der Waals surface area contributed by atoms with Crippen molar-refractivity contribution in [3.63, 3.8) is 0 Å². The first-order valence-corrected chi connectivity index (χ1v) is 31.0. The molecule has 0 fully saturated rings. The van der Waals surface area contributed by atoms with Crippen LogP contribution in [0.25, 0.3) is 27.2 Å². The second-order valence-corrected chi connectivity index (χ2v) is 25.5. The van der Waals surface area contributed by atoms with Crippen molar-refractivity contribution in [3.05, 3.63) is 112 Å². The molecule has 1 heterocycles. The summed E-state index contributed by atoms with van der Waals surface area (Å²) in [6.07, 6.45) is 0. The van der Waals surface area contributed by atoms with E-state index in [1.54, 1.807) is 0 Å². The van der Waals surface area contributed by atoms with E-state index >= 15 is 0 Å². The number of hydrogen-bond donors (Lipinski definition) is 12. The SMILES string of the molecule is Nc1c(N=Nc2ccc3c(O)c(N=Nc4cc(C(=O)O)c(N=Nc5c(C(=O)O)nn(-c6ccc(S(=O)(=O)O)cc6)c5O)c(S(=O)(=O)O)c4)c(S(=O)(=O)O)cc3c2S(=O)(=O)O)cc(S(=O)(=O)O)c2ccc(N=Nc3ccc([N+](=O)[O-])cc3S(=O)(=O)O)c(O)c12. The number of phenolic OH excluding ortho intramolecular Hbond substituents is 2. The second kappa shape index (κ2) is 22.5. The number of azo groups is 4. The Kier molecular flexibility index (Phi) is 16.3. The van der Waals surface area contributed by atoms with Gasteiger partial charge in [-0.05, 0) is 72.8 Å². The van der Waals surface area contributed by atoms with Crippen LogP contribution in [0, 0.1) is 10.1 Å². The highest BCUT2D eigenvalue weighted by molar-refractivity contribution is 7.87. The summed E-state index contributed by atoms with van der Waals surface area (Å²) < 4.78 is 211. The molecule has 0 aliphatic heterocycles. The summed E-state index contributed by atoms with van der Waals surface area (Å²) in [5, 5.41) is 93.7. The number of benzene rings is 7. The summed E-state index contributed by atoms with van der Waals surface area (Å²) in [5.74, 6) is -7.82. The summed E-state index contributed by atoms with van der Waals surface area (Å²) in [6.45, 7) is 0. The Hall–Kier alpha value is -10.3. The van der Waals surface area contributed by atoms with Gasteiger partial charge >= 0.3 is 11.9 Å². The van der Waals surface area contributed by atoms with Crippen molar-refractivity contribution in [1.29, 1.82) is 0 Å². The fourth-order valence-corrected chi connectivity index (χ4v) is 11.9. The summed E-state index contributed by atoms with van der Waals surface area (Å²) >= 11 is 0. The summed E-state index contributed by atoms with van der Waals surface area (Å²) in [6, 6.07) is 9.95. The molecular weight excluding hydrogens is 1310 g/mol. The third-order valence-corrected chi connectivity index (χ3v) is 17.0. The van der Waals surface area contributed by atoms with Crippen LogP contribution in [-0.4, -0.2) is 130 Å². The van der Waals surface area contributed by atoms with Gasteiger partial charge in [0.05, 0.1) is 37.8 Å². The van der Waals surface area contributed by atoms with Crippen molar-refractivity contribution in [1.82, 2.24) is 9.78 Å². The van der Waals surface area contributed by atoms with Crippen molar-refractivity contribution in [2.45, 2.75) is 29.4 Å². The Morgan fingerprint density at radius 2 is 1.01 bits per heavy atom. The number of nitro benzene ring substituents is 1. The number of aromatic nitrogens is 2.